The lowest BCUT2D eigenvalue weighted by Crippen LogP contribution is -2.34. The molecular formula is C14H23FN2. The number of hydrogen-bond acceptors (Lipinski definition) is 2. The molecule has 1 aromatic rings. The first kappa shape index (κ1) is 14.0. The summed E-state index contributed by atoms with van der Waals surface area (Å²) in [6, 6.07) is 7.16. The summed E-state index contributed by atoms with van der Waals surface area (Å²) in [5.74, 6) is -0.190. The predicted octanol–water partition coefficient (Wildman–Crippen LogP) is 3.36. The first-order valence-corrected chi connectivity index (χ1v) is 6.37. The predicted molar refractivity (Wildman–Crippen MR) is 71.9 cm³/mol. The van der Waals surface area contributed by atoms with Crippen LogP contribution in [0.5, 0.6) is 0 Å². The second-order valence-electron chi connectivity index (χ2n) is 4.38. The normalized spacial score (nSPS) is 11.2. The zero-order valence-corrected chi connectivity index (χ0v) is 11.0. The van der Waals surface area contributed by atoms with Gasteiger partial charge in [0.2, 0.25) is 0 Å². The highest BCUT2D eigenvalue weighted by Crippen LogP contribution is 2.09. The van der Waals surface area contributed by atoms with Crippen molar-refractivity contribution in [1.82, 2.24) is 4.90 Å². The fourth-order valence-electron chi connectivity index (χ4n) is 2.04. The fourth-order valence-corrected chi connectivity index (χ4v) is 2.04. The van der Waals surface area contributed by atoms with Crippen molar-refractivity contribution in [3.05, 3.63) is 30.1 Å². The maximum Gasteiger partial charge on any atom is 0.123 e. The van der Waals surface area contributed by atoms with Crippen molar-refractivity contribution in [3.63, 3.8) is 0 Å². The molecule has 0 saturated heterocycles. The van der Waals surface area contributed by atoms with Crippen LogP contribution in [0.15, 0.2) is 24.3 Å². The fraction of sp³-hybridized carbons (Fsp3) is 0.571. The topological polar surface area (TPSA) is 15.3 Å². The van der Waals surface area contributed by atoms with Gasteiger partial charge in [0.15, 0.2) is 0 Å². The Labute approximate surface area is 104 Å². The lowest BCUT2D eigenvalue weighted by molar-refractivity contribution is 0.238. The van der Waals surface area contributed by atoms with Crippen molar-refractivity contribution in [2.75, 3.05) is 25.5 Å². The van der Waals surface area contributed by atoms with Gasteiger partial charge in [0.25, 0.3) is 0 Å². The van der Waals surface area contributed by atoms with E-state index in [1.807, 2.05) is 0 Å². The zero-order valence-electron chi connectivity index (χ0n) is 11.0. The first-order valence-electron chi connectivity index (χ1n) is 6.37. The Balaban J connectivity index is 2.30. The molecule has 0 fully saturated rings. The van der Waals surface area contributed by atoms with Crippen LogP contribution in [0, 0.1) is 5.82 Å². The van der Waals surface area contributed by atoms with E-state index in [1.54, 1.807) is 12.1 Å². The Morgan fingerprint density at radius 3 is 2.29 bits per heavy atom. The molecule has 0 spiro atoms. The van der Waals surface area contributed by atoms with Gasteiger partial charge in [-0.05, 0) is 44.2 Å². The summed E-state index contributed by atoms with van der Waals surface area (Å²) in [5.41, 5.74) is 0.976. The Morgan fingerprint density at radius 1 is 1.18 bits per heavy atom. The van der Waals surface area contributed by atoms with Crippen LogP contribution in [0.25, 0.3) is 0 Å². The molecule has 2 nitrogen and oxygen atoms in total. The van der Waals surface area contributed by atoms with Crippen LogP contribution in [-0.4, -0.2) is 31.1 Å². The summed E-state index contributed by atoms with van der Waals surface area (Å²) in [5, 5.41) is 3.30. The third kappa shape index (κ3) is 4.73. The van der Waals surface area contributed by atoms with Gasteiger partial charge >= 0.3 is 0 Å². The Morgan fingerprint density at radius 2 is 1.76 bits per heavy atom. The van der Waals surface area contributed by atoms with E-state index in [4.69, 9.17) is 0 Å². The highest BCUT2D eigenvalue weighted by atomic mass is 19.1. The average Bonchev–Trinajstić information content (AvgIpc) is 2.33. The maximum absolute atomic E-state index is 12.7. The average molecular weight is 238 g/mol. The van der Waals surface area contributed by atoms with Crippen molar-refractivity contribution in [1.29, 1.82) is 0 Å². The van der Waals surface area contributed by atoms with Crippen LogP contribution in [0.3, 0.4) is 0 Å². The molecule has 0 aliphatic rings. The number of nitrogens with one attached hydrogen (secondary N) is 1. The van der Waals surface area contributed by atoms with E-state index < -0.39 is 0 Å². The molecule has 1 rings (SSSR count). The lowest BCUT2D eigenvalue weighted by atomic mass is 10.1. The minimum Gasteiger partial charge on any atom is -0.384 e. The van der Waals surface area contributed by atoms with E-state index in [-0.39, 0.29) is 5.82 Å². The molecule has 96 valence electrons. The van der Waals surface area contributed by atoms with Crippen LogP contribution in [0.4, 0.5) is 10.1 Å². The molecule has 0 unspecified atom stereocenters. The molecule has 0 bridgehead atoms. The monoisotopic (exact) mass is 238 g/mol. The van der Waals surface area contributed by atoms with Gasteiger partial charge < -0.3 is 10.2 Å². The third-order valence-electron chi connectivity index (χ3n) is 3.20. The quantitative estimate of drug-likeness (QED) is 0.783. The summed E-state index contributed by atoms with van der Waals surface area (Å²) in [7, 11) is 2.16. The molecule has 0 aliphatic heterocycles. The zero-order chi connectivity index (χ0) is 12.7. The largest absolute Gasteiger partial charge is 0.384 e. The van der Waals surface area contributed by atoms with Crippen molar-refractivity contribution in [2.45, 2.75) is 32.7 Å². The van der Waals surface area contributed by atoms with Crippen molar-refractivity contribution in [3.8, 4) is 0 Å². The molecule has 0 saturated carbocycles. The number of halogens is 1. The first-order chi connectivity index (χ1) is 8.17. The van der Waals surface area contributed by atoms with Gasteiger partial charge in [-0.2, -0.15) is 0 Å². The summed E-state index contributed by atoms with van der Waals surface area (Å²) in [6.45, 7) is 6.33. The Kier molecular flexibility index (Phi) is 5.98. The van der Waals surface area contributed by atoms with Gasteiger partial charge in [0, 0.05) is 24.8 Å². The van der Waals surface area contributed by atoms with Gasteiger partial charge in [-0.25, -0.2) is 4.39 Å². The summed E-state index contributed by atoms with van der Waals surface area (Å²) in [4.78, 5) is 2.37. The highest BCUT2D eigenvalue weighted by molar-refractivity contribution is 5.42. The van der Waals surface area contributed by atoms with Crippen LogP contribution < -0.4 is 5.32 Å². The number of benzene rings is 1. The molecule has 1 N–H and O–H groups in total. The molecule has 17 heavy (non-hydrogen) atoms. The van der Waals surface area contributed by atoms with E-state index in [1.165, 1.54) is 25.0 Å². The van der Waals surface area contributed by atoms with Crippen molar-refractivity contribution < 1.29 is 4.39 Å². The van der Waals surface area contributed by atoms with E-state index in [2.05, 4.69) is 31.1 Å². The maximum atomic E-state index is 12.7. The van der Waals surface area contributed by atoms with E-state index in [9.17, 15) is 4.39 Å². The lowest BCUT2D eigenvalue weighted by Gasteiger charge is -2.26. The number of likely N-dealkylation sites (N-methyl/N-ethyl adjacent to an activating group) is 1. The Hall–Kier alpha value is -1.09. The Bertz CT molecular complexity index is 307. The molecule has 0 atom stereocenters. The molecule has 0 aliphatic carbocycles. The molecule has 0 amide bonds. The van der Waals surface area contributed by atoms with Crippen molar-refractivity contribution in [2.24, 2.45) is 0 Å². The number of hydrogen-bond donors (Lipinski definition) is 1. The minimum absolute atomic E-state index is 0.190. The van der Waals surface area contributed by atoms with E-state index in [0.29, 0.717) is 6.04 Å². The molecular weight excluding hydrogens is 215 g/mol. The standard InChI is InChI=1S/C14H23FN2/c1-4-14(5-2)17(3)11-10-16-13-8-6-12(15)7-9-13/h6-9,14,16H,4-5,10-11H2,1-3H3. The summed E-state index contributed by atoms with van der Waals surface area (Å²) >= 11 is 0. The molecule has 0 radical (unpaired) electrons. The van der Waals surface area contributed by atoms with Gasteiger partial charge in [0.05, 0.1) is 0 Å². The number of nitrogens with zero attached hydrogens (tertiary/aromatic N) is 1. The van der Waals surface area contributed by atoms with Crippen LogP contribution in [0.1, 0.15) is 26.7 Å². The van der Waals surface area contributed by atoms with Crippen LogP contribution >= 0.6 is 0 Å². The second-order valence-corrected chi connectivity index (χ2v) is 4.38. The number of anilines is 1. The van der Waals surface area contributed by atoms with Crippen molar-refractivity contribution >= 4 is 5.69 Å². The molecule has 1 aromatic carbocycles. The van der Waals surface area contributed by atoms with Crippen LogP contribution in [-0.2, 0) is 0 Å². The van der Waals surface area contributed by atoms with Crippen LogP contribution in [0.2, 0.25) is 0 Å². The SMILES string of the molecule is CCC(CC)N(C)CCNc1ccc(F)cc1. The smallest absolute Gasteiger partial charge is 0.123 e. The second kappa shape index (κ2) is 7.28. The molecule has 0 heterocycles. The van der Waals surface area contributed by atoms with Gasteiger partial charge in [-0.15, -0.1) is 0 Å². The summed E-state index contributed by atoms with van der Waals surface area (Å²) in [6.07, 6.45) is 2.37. The molecule has 0 aromatic heterocycles. The minimum atomic E-state index is -0.190. The van der Waals surface area contributed by atoms with Gasteiger partial charge in [-0.1, -0.05) is 13.8 Å². The molecule has 3 heteroatoms. The van der Waals surface area contributed by atoms with Gasteiger partial charge in [-0.3, -0.25) is 0 Å². The van der Waals surface area contributed by atoms with E-state index >= 15 is 0 Å². The highest BCUT2D eigenvalue weighted by Gasteiger charge is 2.08. The summed E-state index contributed by atoms with van der Waals surface area (Å²) < 4.78 is 12.7. The van der Waals surface area contributed by atoms with Gasteiger partial charge in [0.1, 0.15) is 5.82 Å². The number of rotatable bonds is 7. The van der Waals surface area contributed by atoms with E-state index in [0.717, 1.165) is 18.8 Å². The third-order valence-corrected chi connectivity index (χ3v) is 3.20.